The van der Waals surface area contributed by atoms with E-state index in [9.17, 15) is 0 Å². The maximum Gasteiger partial charge on any atom is 0.129 e. The fraction of sp³-hybridized carbons (Fsp3) is 0.375. The Labute approximate surface area is 120 Å². The second kappa shape index (κ2) is 6.89. The van der Waals surface area contributed by atoms with Crippen molar-refractivity contribution in [3.05, 3.63) is 47.3 Å². The Morgan fingerprint density at radius 2 is 1.85 bits per heavy atom. The van der Waals surface area contributed by atoms with Gasteiger partial charge in [0, 0.05) is 25.0 Å². The molecule has 0 unspecified atom stereocenters. The predicted molar refractivity (Wildman–Crippen MR) is 84.3 cm³/mol. The standard InChI is InChI=1S/C9H12N2.C7H10N2/c1-7-4-5-8-3-2-6-10-9(8)11-7;1-6-4-3-5-7(8-2)9-6/h4-5H,2-3,6H2,1H3,(H,10,11);3-5H,1-2H3,(H,8,9). The van der Waals surface area contributed by atoms with E-state index in [0.717, 1.165) is 29.6 Å². The molecule has 0 bridgehead atoms. The third kappa shape index (κ3) is 3.95. The summed E-state index contributed by atoms with van der Waals surface area (Å²) in [4.78, 5) is 8.58. The first kappa shape index (κ1) is 14.3. The molecule has 0 atom stereocenters. The van der Waals surface area contributed by atoms with Gasteiger partial charge in [-0.15, -0.1) is 0 Å². The summed E-state index contributed by atoms with van der Waals surface area (Å²) in [5, 5.41) is 6.25. The highest BCUT2D eigenvalue weighted by Gasteiger charge is 2.08. The third-order valence-corrected chi connectivity index (χ3v) is 3.18. The van der Waals surface area contributed by atoms with E-state index in [2.05, 4.69) is 32.7 Å². The van der Waals surface area contributed by atoms with Crippen molar-refractivity contribution >= 4 is 11.6 Å². The Balaban J connectivity index is 0.000000151. The molecular formula is C16H22N4. The molecule has 4 nitrogen and oxygen atoms in total. The third-order valence-electron chi connectivity index (χ3n) is 3.18. The second-order valence-corrected chi connectivity index (χ2v) is 4.90. The van der Waals surface area contributed by atoms with Gasteiger partial charge in [-0.05, 0) is 50.5 Å². The minimum atomic E-state index is 0.926. The summed E-state index contributed by atoms with van der Waals surface area (Å²) < 4.78 is 0. The quantitative estimate of drug-likeness (QED) is 0.835. The molecular weight excluding hydrogens is 248 g/mol. The zero-order valence-electron chi connectivity index (χ0n) is 12.4. The fourth-order valence-corrected chi connectivity index (χ4v) is 2.11. The maximum absolute atomic E-state index is 4.40. The van der Waals surface area contributed by atoms with Crippen LogP contribution in [0.15, 0.2) is 30.3 Å². The zero-order chi connectivity index (χ0) is 14.4. The molecule has 0 saturated carbocycles. The van der Waals surface area contributed by atoms with Crippen LogP contribution in [0.2, 0.25) is 0 Å². The van der Waals surface area contributed by atoms with Crippen molar-refractivity contribution < 1.29 is 0 Å². The zero-order valence-corrected chi connectivity index (χ0v) is 12.4. The van der Waals surface area contributed by atoms with Crippen molar-refractivity contribution in [3.8, 4) is 0 Å². The van der Waals surface area contributed by atoms with Crippen LogP contribution in [0.5, 0.6) is 0 Å². The summed E-state index contributed by atoms with van der Waals surface area (Å²) in [6, 6.07) is 10.1. The number of aromatic nitrogens is 2. The molecule has 2 aromatic rings. The fourth-order valence-electron chi connectivity index (χ4n) is 2.11. The highest BCUT2D eigenvalue weighted by Crippen LogP contribution is 2.18. The largest absolute Gasteiger partial charge is 0.373 e. The van der Waals surface area contributed by atoms with Gasteiger partial charge in [-0.1, -0.05) is 12.1 Å². The summed E-state index contributed by atoms with van der Waals surface area (Å²) in [6.45, 7) is 5.07. The second-order valence-electron chi connectivity index (χ2n) is 4.90. The number of nitrogens with zero attached hydrogens (tertiary/aromatic N) is 2. The Kier molecular flexibility index (Phi) is 4.93. The number of fused-ring (bicyclic) bond motifs is 1. The van der Waals surface area contributed by atoms with Crippen LogP contribution >= 0.6 is 0 Å². The van der Waals surface area contributed by atoms with Crippen molar-refractivity contribution in [3.63, 3.8) is 0 Å². The SMILES string of the molecule is CNc1cccc(C)n1.Cc1ccc2c(n1)NCCC2. The highest BCUT2D eigenvalue weighted by molar-refractivity contribution is 5.46. The van der Waals surface area contributed by atoms with E-state index in [4.69, 9.17) is 0 Å². The van der Waals surface area contributed by atoms with E-state index >= 15 is 0 Å². The van der Waals surface area contributed by atoms with E-state index in [1.54, 1.807) is 0 Å². The average Bonchev–Trinajstić information content (AvgIpc) is 2.47. The van der Waals surface area contributed by atoms with Crippen molar-refractivity contribution in [1.29, 1.82) is 0 Å². The Hall–Kier alpha value is -2.10. The van der Waals surface area contributed by atoms with Gasteiger partial charge in [0.1, 0.15) is 11.6 Å². The van der Waals surface area contributed by atoms with Gasteiger partial charge in [0.05, 0.1) is 0 Å². The Morgan fingerprint density at radius 1 is 1.05 bits per heavy atom. The normalized spacial score (nSPS) is 12.6. The molecule has 0 fully saturated rings. The first-order valence-electron chi connectivity index (χ1n) is 7.01. The number of hydrogen-bond donors (Lipinski definition) is 2. The van der Waals surface area contributed by atoms with E-state index < -0.39 is 0 Å². The molecule has 0 aliphatic carbocycles. The monoisotopic (exact) mass is 270 g/mol. The molecule has 1 aliphatic rings. The number of rotatable bonds is 1. The molecule has 0 spiro atoms. The van der Waals surface area contributed by atoms with Crippen LogP contribution in [0, 0.1) is 13.8 Å². The lowest BCUT2D eigenvalue weighted by Crippen LogP contribution is -2.13. The van der Waals surface area contributed by atoms with Crippen LogP contribution in [-0.2, 0) is 6.42 Å². The van der Waals surface area contributed by atoms with Crippen LogP contribution in [-0.4, -0.2) is 23.6 Å². The molecule has 1 aliphatic heterocycles. The molecule has 2 N–H and O–H groups in total. The van der Waals surface area contributed by atoms with Gasteiger partial charge in [-0.3, -0.25) is 0 Å². The lowest BCUT2D eigenvalue weighted by molar-refractivity contribution is 0.815. The van der Waals surface area contributed by atoms with E-state index in [1.807, 2.05) is 39.1 Å². The summed E-state index contributed by atoms with van der Waals surface area (Å²) in [7, 11) is 1.86. The van der Waals surface area contributed by atoms with Gasteiger partial charge in [0.25, 0.3) is 0 Å². The summed E-state index contributed by atoms with van der Waals surface area (Å²) >= 11 is 0. The molecule has 4 heteroatoms. The van der Waals surface area contributed by atoms with Crippen LogP contribution in [0.1, 0.15) is 23.4 Å². The topological polar surface area (TPSA) is 49.8 Å². The van der Waals surface area contributed by atoms with Crippen LogP contribution in [0.3, 0.4) is 0 Å². The molecule has 3 rings (SSSR count). The van der Waals surface area contributed by atoms with Crippen molar-refractivity contribution in [2.24, 2.45) is 0 Å². The molecule has 0 amide bonds. The Morgan fingerprint density at radius 3 is 2.55 bits per heavy atom. The van der Waals surface area contributed by atoms with Crippen molar-refractivity contribution in [1.82, 2.24) is 9.97 Å². The van der Waals surface area contributed by atoms with Crippen LogP contribution in [0.25, 0.3) is 0 Å². The molecule has 0 saturated heterocycles. The molecule has 2 aromatic heterocycles. The number of aryl methyl sites for hydroxylation is 3. The van der Waals surface area contributed by atoms with Crippen LogP contribution < -0.4 is 10.6 Å². The molecule has 0 aromatic carbocycles. The van der Waals surface area contributed by atoms with Crippen LogP contribution in [0.4, 0.5) is 11.6 Å². The molecule has 20 heavy (non-hydrogen) atoms. The van der Waals surface area contributed by atoms with E-state index in [0.29, 0.717) is 0 Å². The minimum absolute atomic E-state index is 0.926. The summed E-state index contributed by atoms with van der Waals surface area (Å²) in [5.41, 5.74) is 3.50. The maximum atomic E-state index is 4.40. The smallest absolute Gasteiger partial charge is 0.129 e. The predicted octanol–water partition coefficient (Wildman–Crippen LogP) is 3.18. The van der Waals surface area contributed by atoms with Crippen molar-refractivity contribution in [2.45, 2.75) is 26.7 Å². The van der Waals surface area contributed by atoms with Gasteiger partial charge in [0.15, 0.2) is 0 Å². The average molecular weight is 270 g/mol. The Bertz CT molecular complexity index is 566. The van der Waals surface area contributed by atoms with Gasteiger partial charge >= 0.3 is 0 Å². The van der Waals surface area contributed by atoms with Gasteiger partial charge in [-0.2, -0.15) is 0 Å². The number of hydrogen-bond acceptors (Lipinski definition) is 4. The van der Waals surface area contributed by atoms with E-state index in [1.165, 1.54) is 18.4 Å². The molecule has 3 heterocycles. The van der Waals surface area contributed by atoms with Crippen molar-refractivity contribution in [2.75, 3.05) is 24.2 Å². The minimum Gasteiger partial charge on any atom is -0.373 e. The number of pyridine rings is 2. The van der Waals surface area contributed by atoms with E-state index in [-0.39, 0.29) is 0 Å². The lowest BCUT2D eigenvalue weighted by atomic mass is 10.1. The lowest BCUT2D eigenvalue weighted by Gasteiger charge is -2.16. The first-order chi connectivity index (χ1) is 9.69. The first-order valence-corrected chi connectivity index (χ1v) is 7.01. The number of anilines is 2. The molecule has 0 radical (unpaired) electrons. The number of nitrogens with one attached hydrogen (secondary N) is 2. The van der Waals surface area contributed by atoms with Gasteiger partial charge in [0.2, 0.25) is 0 Å². The highest BCUT2D eigenvalue weighted by atomic mass is 15.0. The summed E-state index contributed by atoms with van der Waals surface area (Å²) in [6.07, 6.45) is 2.41. The van der Waals surface area contributed by atoms with Gasteiger partial charge in [-0.25, -0.2) is 9.97 Å². The van der Waals surface area contributed by atoms with Gasteiger partial charge < -0.3 is 10.6 Å². The molecule has 106 valence electrons. The summed E-state index contributed by atoms with van der Waals surface area (Å²) in [5.74, 6) is 2.02.